The molecule has 0 fully saturated rings. The van der Waals surface area contributed by atoms with E-state index in [1.807, 2.05) is 11.8 Å². The van der Waals surface area contributed by atoms with Crippen LogP contribution in [0.25, 0.3) is 0 Å². The van der Waals surface area contributed by atoms with Crippen LogP contribution >= 0.6 is 11.8 Å². The highest BCUT2D eigenvalue weighted by molar-refractivity contribution is 7.98. The highest BCUT2D eigenvalue weighted by atomic mass is 32.2. The molecule has 0 atom stereocenters. The number of unbranched alkanes of at least 4 members (excludes halogenated alkanes) is 1. The van der Waals surface area contributed by atoms with Gasteiger partial charge in [0.15, 0.2) is 0 Å². The van der Waals surface area contributed by atoms with E-state index >= 15 is 0 Å². The normalized spacial score (nSPS) is 9.71. The molecule has 1 aromatic carbocycles. The van der Waals surface area contributed by atoms with Crippen LogP contribution in [0.15, 0.2) is 24.3 Å². The van der Waals surface area contributed by atoms with Crippen LogP contribution in [0.4, 0.5) is 0 Å². The third-order valence-electron chi connectivity index (χ3n) is 2.10. The molecule has 0 aliphatic heterocycles. The van der Waals surface area contributed by atoms with Crippen LogP contribution < -0.4 is 0 Å². The second-order valence-electron chi connectivity index (χ2n) is 3.24. The Morgan fingerprint density at radius 2 is 2.14 bits per heavy atom. The van der Waals surface area contributed by atoms with Gasteiger partial charge in [-0.25, -0.2) is 0 Å². The van der Waals surface area contributed by atoms with Crippen molar-refractivity contribution in [1.82, 2.24) is 0 Å². The summed E-state index contributed by atoms with van der Waals surface area (Å²) in [7, 11) is 0. The third kappa shape index (κ3) is 3.85. The van der Waals surface area contributed by atoms with Gasteiger partial charge in [0.05, 0.1) is 6.07 Å². The van der Waals surface area contributed by atoms with E-state index in [1.165, 1.54) is 11.1 Å². The van der Waals surface area contributed by atoms with Crippen molar-refractivity contribution in [2.24, 2.45) is 0 Å². The Bertz CT molecular complexity index is 314. The van der Waals surface area contributed by atoms with Gasteiger partial charge in [-0.3, -0.25) is 0 Å². The summed E-state index contributed by atoms with van der Waals surface area (Å²) in [6.45, 7) is 2.14. The summed E-state index contributed by atoms with van der Waals surface area (Å²) in [6.07, 6.45) is 1.69. The lowest BCUT2D eigenvalue weighted by atomic mass is 10.1. The largest absolute Gasteiger partial charge is 0.198 e. The Kier molecular flexibility index (Phi) is 5.17. The topological polar surface area (TPSA) is 23.8 Å². The van der Waals surface area contributed by atoms with Gasteiger partial charge in [-0.1, -0.05) is 24.3 Å². The van der Waals surface area contributed by atoms with Crippen molar-refractivity contribution in [1.29, 1.82) is 5.26 Å². The van der Waals surface area contributed by atoms with E-state index in [4.69, 9.17) is 5.26 Å². The molecule has 74 valence electrons. The zero-order valence-electron chi connectivity index (χ0n) is 8.49. The van der Waals surface area contributed by atoms with Crippen LogP contribution in [0.1, 0.15) is 24.0 Å². The molecule has 0 saturated carbocycles. The van der Waals surface area contributed by atoms with E-state index in [-0.39, 0.29) is 0 Å². The van der Waals surface area contributed by atoms with Gasteiger partial charge >= 0.3 is 0 Å². The van der Waals surface area contributed by atoms with Gasteiger partial charge in [0.2, 0.25) is 0 Å². The van der Waals surface area contributed by atoms with E-state index in [0.29, 0.717) is 6.42 Å². The Hall–Kier alpha value is -0.940. The van der Waals surface area contributed by atoms with Crippen LogP contribution in [0.2, 0.25) is 0 Å². The molecule has 0 radical (unpaired) electrons. The monoisotopic (exact) mass is 205 g/mol. The fourth-order valence-corrected chi connectivity index (χ4v) is 2.24. The van der Waals surface area contributed by atoms with E-state index < -0.39 is 0 Å². The summed E-state index contributed by atoms with van der Waals surface area (Å²) < 4.78 is 0. The van der Waals surface area contributed by atoms with Crippen molar-refractivity contribution in [3.63, 3.8) is 0 Å². The molecule has 0 spiro atoms. The molecule has 1 rings (SSSR count). The minimum atomic E-state index is 0.681. The summed E-state index contributed by atoms with van der Waals surface area (Å²) in [5.74, 6) is 2.15. The van der Waals surface area contributed by atoms with Crippen LogP contribution in [0, 0.1) is 18.3 Å². The maximum absolute atomic E-state index is 8.37. The highest BCUT2D eigenvalue weighted by Gasteiger charge is 1.96. The second kappa shape index (κ2) is 6.50. The first kappa shape index (κ1) is 11.1. The predicted molar refractivity (Wildman–Crippen MR) is 62.2 cm³/mol. The average molecular weight is 205 g/mol. The summed E-state index contributed by atoms with van der Waals surface area (Å²) in [4.78, 5) is 0. The molecule has 1 nitrogen and oxygen atoms in total. The lowest BCUT2D eigenvalue weighted by Gasteiger charge is -2.03. The van der Waals surface area contributed by atoms with Crippen molar-refractivity contribution in [3.8, 4) is 6.07 Å². The molecule has 0 amide bonds. The standard InChI is InChI=1S/C12H15NS/c1-11-6-2-3-7-12(11)10-14-9-5-4-8-13/h2-3,6-7H,4-5,9-10H2,1H3. The number of hydrogen-bond donors (Lipinski definition) is 0. The fourth-order valence-electron chi connectivity index (χ4n) is 1.21. The Balaban J connectivity index is 2.25. The quantitative estimate of drug-likeness (QED) is 0.687. The number of nitriles is 1. The van der Waals surface area contributed by atoms with E-state index in [0.717, 1.165) is 17.9 Å². The summed E-state index contributed by atoms with van der Waals surface area (Å²) in [6, 6.07) is 10.6. The molecule has 0 saturated heterocycles. The van der Waals surface area contributed by atoms with Crippen molar-refractivity contribution < 1.29 is 0 Å². The molecular formula is C12H15NS. The van der Waals surface area contributed by atoms with Crippen molar-refractivity contribution in [2.45, 2.75) is 25.5 Å². The lowest BCUT2D eigenvalue weighted by molar-refractivity contribution is 0.981. The lowest BCUT2D eigenvalue weighted by Crippen LogP contribution is -1.87. The van der Waals surface area contributed by atoms with Gasteiger partial charge in [0.25, 0.3) is 0 Å². The zero-order chi connectivity index (χ0) is 10.2. The van der Waals surface area contributed by atoms with Crippen LogP contribution in [-0.4, -0.2) is 5.75 Å². The maximum Gasteiger partial charge on any atom is 0.0622 e. The molecule has 2 heteroatoms. The van der Waals surface area contributed by atoms with Gasteiger partial charge in [-0.05, 0) is 30.2 Å². The number of aryl methyl sites for hydroxylation is 1. The minimum absolute atomic E-state index is 0.681. The smallest absolute Gasteiger partial charge is 0.0622 e. The van der Waals surface area contributed by atoms with E-state index in [9.17, 15) is 0 Å². The molecular weight excluding hydrogens is 190 g/mol. The van der Waals surface area contributed by atoms with Crippen molar-refractivity contribution in [3.05, 3.63) is 35.4 Å². The average Bonchev–Trinajstić information content (AvgIpc) is 2.20. The minimum Gasteiger partial charge on any atom is -0.198 e. The van der Waals surface area contributed by atoms with E-state index in [2.05, 4.69) is 37.3 Å². The van der Waals surface area contributed by atoms with Gasteiger partial charge in [0.1, 0.15) is 0 Å². The highest BCUT2D eigenvalue weighted by Crippen LogP contribution is 2.16. The van der Waals surface area contributed by atoms with Gasteiger partial charge in [-0.15, -0.1) is 0 Å². The van der Waals surface area contributed by atoms with Crippen molar-refractivity contribution >= 4 is 11.8 Å². The first-order valence-electron chi connectivity index (χ1n) is 4.84. The Morgan fingerprint density at radius 1 is 1.36 bits per heavy atom. The van der Waals surface area contributed by atoms with Crippen LogP contribution in [-0.2, 0) is 5.75 Å². The van der Waals surface area contributed by atoms with Crippen LogP contribution in [0.3, 0.4) is 0 Å². The molecule has 0 aliphatic carbocycles. The SMILES string of the molecule is Cc1ccccc1CSCCCC#N. The van der Waals surface area contributed by atoms with E-state index in [1.54, 1.807) is 0 Å². The van der Waals surface area contributed by atoms with Crippen LogP contribution in [0.5, 0.6) is 0 Å². The van der Waals surface area contributed by atoms with Gasteiger partial charge < -0.3 is 0 Å². The van der Waals surface area contributed by atoms with Gasteiger partial charge in [0, 0.05) is 12.2 Å². The van der Waals surface area contributed by atoms with Gasteiger partial charge in [-0.2, -0.15) is 17.0 Å². The second-order valence-corrected chi connectivity index (χ2v) is 4.35. The number of rotatable bonds is 5. The summed E-state index contributed by atoms with van der Waals surface area (Å²) in [5, 5.41) is 8.37. The first-order valence-corrected chi connectivity index (χ1v) is 5.99. The number of thioether (sulfide) groups is 1. The molecule has 1 aromatic rings. The molecule has 0 bridgehead atoms. The molecule has 0 aromatic heterocycles. The molecule has 0 heterocycles. The number of hydrogen-bond acceptors (Lipinski definition) is 2. The Labute approximate surface area is 90.1 Å². The number of benzene rings is 1. The molecule has 0 aliphatic rings. The first-order chi connectivity index (χ1) is 6.84. The molecule has 14 heavy (non-hydrogen) atoms. The summed E-state index contributed by atoms with van der Waals surface area (Å²) in [5.41, 5.74) is 2.77. The molecule has 0 N–H and O–H groups in total. The fraction of sp³-hybridized carbons (Fsp3) is 0.417. The Morgan fingerprint density at radius 3 is 2.86 bits per heavy atom. The number of nitrogens with zero attached hydrogens (tertiary/aromatic N) is 1. The maximum atomic E-state index is 8.37. The summed E-state index contributed by atoms with van der Waals surface area (Å²) >= 11 is 1.91. The third-order valence-corrected chi connectivity index (χ3v) is 3.19. The molecule has 0 unspecified atom stereocenters. The van der Waals surface area contributed by atoms with Crippen molar-refractivity contribution in [2.75, 3.05) is 5.75 Å². The zero-order valence-corrected chi connectivity index (χ0v) is 9.31. The predicted octanol–water partition coefficient (Wildman–Crippen LogP) is 3.53.